The van der Waals surface area contributed by atoms with Crippen LogP contribution in [0.25, 0.3) is 0 Å². The molecule has 1 aromatic carbocycles. The summed E-state index contributed by atoms with van der Waals surface area (Å²) in [5.41, 5.74) is 0.713. The van der Waals surface area contributed by atoms with E-state index in [-0.39, 0.29) is 18.1 Å². The highest BCUT2D eigenvalue weighted by Crippen LogP contribution is 2.24. The highest BCUT2D eigenvalue weighted by molar-refractivity contribution is 6.30. The van der Waals surface area contributed by atoms with Crippen molar-refractivity contribution >= 4 is 17.4 Å². The Hall–Kier alpha value is -1.06. The summed E-state index contributed by atoms with van der Waals surface area (Å²) in [6.07, 6.45) is 0.798. The molecule has 106 valence electrons. The normalized spacial score (nSPS) is 12.5. The first-order valence-electron chi connectivity index (χ1n) is 6.56. The van der Waals surface area contributed by atoms with Crippen LogP contribution < -0.4 is 4.74 Å². The number of ketones is 1. The van der Waals surface area contributed by atoms with Gasteiger partial charge in [0.05, 0.1) is 7.11 Å². The zero-order chi connectivity index (χ0) is 14.4. The van der Waals surface area contributed by atoms with E-state index >= 15 is 0 Å². The number of carbonyl (C=O) groups excluding carboxylic acids is 1. The fourth-order valence-electron chi connectivity index (χ4n) is 2.18. The first kappa shape index (κ1) is 16.0. The molecule has 0 bridgehead atoms. The Kier molecular flexibility index (Phi) is 6.32. The van der Waals surface area contributed by atoms with Crippen molar-refractivity contribution in [3.63, 3.8) is 0 Å². The molecule has 0 heterocycles. The standard InChI is InChI=1S/C15H21ClO3/c1-4-10(5-2)15(18)13(17)9-11-8-12(16)6-7-14(11)19-3/h6-8,10,15,18H,4-5,9H2,1-3H3. The maximum atomic E-state index is 12.1. The molecule has 1 rings (SSSR count). The average molecular weight is 285 g/mol. The van der Waals surface area contributed by atoms with E-state index in [0.29, 0.717) is 16.3 Å². The lowest BCUT2D eigenvalue weighted by Crippen LogP contribution is -2.30. The molecule has 1 unspecified atom stereocenters. The third-order valence-corrected chi connectivity index (χ3v) is 3.67. The topological polar surface area (TPSA) is 46.5 Å². The Labute approximate surface area is 119 Å². The van der Waals surface area contributed by atoms with Crippen molar-refractivity contribution in [3.8, 4) is 5.75 Å². The van der Waals surface area contributed by atoms with Gasteiger partial charge in [-0.2, -0.15) is 0 Å². The predicted octanol–water partition coefficient (Wildman–Crippen LogP) is 3.26. The number of ether oxygens (including phenoxy) is 1. The second-order valence-electron chi connectivity index (χ2n) is 4.62. The number of carbonyl (C=O) groups is 1. The van der Waals surface area contributed by atoms with Gasteiger partial charge in [0, 0.05) is 17.0 Å². The second kappa shape index (κ2) is 7.51. The van der Waals surface area contributed by atoms with Crippen LogP contribution in [-0.4, -0.2) is 24.1 Å². The highest BCUT2D eigenvalue weighted by atomic mass is 35.5. The van der Waals surface area contributed by atoms with Crippen LogP contribution in [0.3, 0.4) is 0 Å². The van der Waals surface area contributed by atoms with Crippen LogP contribution >= 0.6 is 11.6 Å². The number of hydrogen-bond donors (Lipinski definition) is 1. The molecule has 19 heavy (non-hydrogen) atoms. The lowest BCUT2D eigenvalue weighted by molar-refractivity contribution is -0.129. The molecule has 0 aliphatic carbocycles. The quantitative estimate of drug-likeness (QED) is 0.836. The molecule has 0 saturated heterocycles. The smallest absolute Gasteiger partial charge is 0.166 e. The average Bonchev–Trinajstić information content (AvgIpc) is 2.40. The Bertz CT molecular complexity index is 427. The Morgan fingerprint density at radius 2 is 2.00 bits per heavy atom. The van der Waals surface area contributed by atoms with Gasteiger partial charge in [-0.1, -0.05) is 38.3 Å². The number of Topliss-reactive ketones (excluding diaryl/α,β-unsaturated/α-hetero) is 1. The summed E-state index contributed by atoms with van der Waals surface area (Å²) in [6, 6.07) is 5.15. The molecule has 0 aliphatic rings. The number of benzene rings is 1. The first-order chi connectivity index (χ1) is 9.03. The van der Waals surface area contributed by atoms with Crippen molar-refractivity contribution in [2.45, 2.75) is 39.2 Å². The molecule has 4 heteroatoms. The zero-order valence-electron chi connectivity index (χ0n) is 11.6. The molecule has 1 aromatic rings. The second-order valence-corrected chi connectivity index (χ2v) is 5.06. The molecule has 0 spiro atoms. The lowest BCUT2D eigenvalue weighted by atomic mass is 9.91. The maximum Gasteiger partial charge on any atom is 0.166 e. The molecule has 0 aliphatic heterocycles. The van der Waals surface area contributed by atoms with Gasteiger partial charge in [-0.25, -0.2) is 0 Å². The van der Waals surface area contributed by atoms with E-state index < -0.39 is 6.10 Å². The monoisotopic (exact) mass is 284 g/mol. The minimum Gasteiger partial charge on any atom is -0.496 e. The Balaban J connectivity index is 2.84. The summed E-state index contributed by atoms with van der Waals surface area (Å²) in [6.45, 7) is 3.95. The fourth-order valence-corrected chi connectivity index (χ4v) is 2.37. The van der Waals surface area contributed by atoms with E-state index in [0.717, 1.165) is 12.8 Å². The summed E-state index contributed by atoms with van der Waals surface area (Å²) >= 11 is 5.92. The summed E-state index contributed by atoms with van der Waals surface area (Å²) in [5, 5.41) is 10.6. The number of aliphatic hydroxyl groups is 1. The summed E-state index contributed by atoms with van der Waals surface area (Å²) in [7, 11) is 1.55. The van der Waals surface area contributed by atoms with Gasteiger partial charge >= 0.3 is 0 Å². The number of hydrogen-bond acceptors (Lipinski definition) is 3. The lowest BCUT2D eigenvalue weighted by Gasteiger charge is -2.19. The van der Waals surface area contributed by atoms with E-state index in [2.05, 4.69) is 0 Å². The predicted molar refractivity (Wildman–Crippen MR) is 76.8 cm³/mol. The van der Waals surface area contributed by atoms with Crippen molar-refractivity contribution in [3.05, 3.63) is 28.8 Å². The van der Waals surface area contributed by atoms with Crippen LogP contribution in [0.4, 0.5) is 0 Å². The third-order valence-electron chi connectivity index (χ3n) is 3.43. The van der Waals surface area contributed by atoms with Crippen LogP contribution in [0.1, 0.15) is 32.3 Å². The van der Waals surface area contributed by atoms with Gasteiger partial charge in [-0.05, 0) is 24.1 Å². The van der Waals surface area contributed by atoms with Crippen molar-refractivity contribution in [1.29, 1.82) is 0 Å². The molecule has 1 atom stereocenters. The van der Waals surface area contributed by atoms with Gasteiger partial charge in [0.25, 0.3) is 0 Å². The Morgan fingerprint density at radius 1 is 1.37 bits per heavy atom. The van der Waals surface area contributed by atoms with Crippen LogP contribution in [0.5, 0.6) is 5.75 Å². The third kappa shape index (κ3) is 4.22. The van der Waals surface area contributed by atoms with Gasteiger partial charge < -0.3 is 9.84 Å². The van der Waals surface area contributed by atoms with Crippen LogP contribution in [0, 0.1) is 5.92 Å². The number of aliphatic hydroxyl groups excluding tert-OH is 1. The van der Waals surface area contributed by atoms with E-state index in [9.17, 15) is 9.90 Å². The largest absolute Gasteiger partial charge is 0.496 e. The minimum atomic E-state index is -0.918. The molecule has 0 fully saturated rings. The van der Waals surface area contributed by atoms with Gasteiger partial charge in [0.1, 0.15) is 11.9 Å². The molecule has 0 saturated carbocycles. The molecule has 1 N–H and O–H groups in total. The van der Waals surface area contributed by atoms with Crippen molar-refractivity contribution in [2.75, 3.05) is 7.11 Å². The van der Waals surface area contributed by atoms with Crippen molar-refractivity contribution in [1.82, 2.24) is 0 Å². The Morgan fingerprint density at radius 3 is 2.53 bits per heavy atom. The molecule has 3 nitrogen and oxygen atoms in total. The number of rotatable bonds is 7. The van der Waals surface area contributed by atoms with E-state index in [4.69, 9.17) is 16.3 Å². The first-order valence-corrected chi connectivity index (χ1v) is 6.94. The SMILES string of the molecule is CCC(CC)C(O)C(=O)Cc1cc(Cl)ccc1OC. The molecular formula is C15H21ClO3. The maximum absolute atomic E-state index is 12.1. The summed E-state index contributed by atoms with van der Waals surface area (Å²) in [5.74, 6) is 0.446. The fraction of sp³-hybridized carbons (Fsp3) is 0.533. The highest BCUT2D eigenvalue weighted by Gasteiger charge is 2.24. The van der Waals surface area contributed by atoms with Crippen LogP contribution in [0.15, 0.2) is 18.2 Å². The zero-order valence-corrected chi connectivity index (χ0v) is 12.4. The molecule has 0 aromatic heterocycles. The van der Waals surface area contributed by atoms with Crippen molar-refractivity contribution in [2.24, 2.45) is 5.92 Å². The van der Waals surface area contributed by atoms with Gasteiger partial charge in [-0.3, -0.25) is 4.79 Å². The minimum absolute atomic E-state index is 0.0117. The van der Waals surface area contributed by atoms with Crippen molar-refractivity contribution < 1.29 is 14.6 Å². The van der Waals surface area contributed by atoms with Gasteiger partial charge in [-0.15, -0.1) is 0 Å². The van der Waals surface area contributed by atoms with Crippen LogP contribution in [0.2, 0.25) is 5.02 Å². The van der Waals surface area contributed by atoms with E-state index in [1.54, 1.807) is 25.3 Å². The van der Waals surface area contributed by atoms with Crippen LogP contribution in [-0.2, 0) is 11.2 Å². The molecule has 0 radical (unpaired) electrons. The van der Waals surface area contributed by atoms with Gasteiger partial charge in [0.2, 0.25) is 0 Å². The summed E-state index contributed by atoms with van der Waals surface area (Å²) in [4.78, 5) is 12.1. The van der Waals surface area contributed by atoms with E-state index in [1.807, 2.05) is 13.8 Å². The van der Waals surface area contributed by atoms with Gasteiger partial charge in [0.15, 0.2) is 5.78 Å². The summed E-state index contributed by atoms with van der Waals surface area (Å²) < 4.78 is 5.20. The molecular weight excluding hydrogens is 264 g/mol. The molecule has 0 amide bonds. The van der Waals surface area contributed by atoms with E-state index in [1.165, 1.54) is 0 Å². The number of halogens is 1. The number of methoxy groups -OCH3 is 1.